The van der Waals surface area contributed by atoms with Crippen LogP contribution in [0.3, 0.4) is 0 Å². The van der Waals surface area contributed by atoms with E-state index in [-0.39, 0.29) is 22.2 Å². The van der Waals surface area contributed by atoms with Crippen molar-refractivity contribution in [2.45, 2.75) is 10.6 Å². The Bertz CT molecular complexity index is 535. The lowest BCUT2D eigenvalue weighted by Gasteiger charge is -2.02. The van der Waals surface area contributed by atoms with Crippen LogP contribution in [0.4, 0.5) is 0 Å². The Kier molecular flexibility index (Phi) is 4.57. The van der Waals surface area contributed by atoms with Gasteiger partial charge in [-0.15, -0.1) is 11.3 Å². The summed E-state index contributed by atoms with van der Waals surface area (Å²) in [6, 6.07) is 2.95. The van der Waals surface area contributed by atoms with Crippen molar-refractivity contribution < 1.29 is 13.2 Å². The topological polar surface area (TPSA) is 115 Å². The van der Waals surface area contributed by atoms with Crippen molar-refractivity contribution in [1.82, 2.24) is 4.72 Å². The minimum Gasteiger partial charge on any atom is -0.389 e. The molecule has 0 atom stereocenters. The van der Waals surface area contributed by atoms with Crippen molar-refractivity contribution in [2.75, 3.05) is 6.54 Å². The van der Waals surface area contributed by atoms with Crippen LogP contribution in [0.25, 0.3) is 0 Å². The fraction of sp³-hybridized carbons (Fsp3) is 0.250. The molecule has 0 saturated carbocycles. The van der Waals surface area contributed by atoms with E-state index in [1.165, 1.54) is 12.1 Å². The maximum absolute atomic E-state index is 11.7. The van der Waals surface area contributed by atoms with E-state index in [0.717, 1.165) is 11.3 Å². The maximum Gasteiger partial charge on any atom is 0.250 e. The van der Waals surface area contributed by atoms with Crippen LogP contribution < -0.4 is 16.2 Å². The van der Waals surface area contributed by atoms with Crippen molar-refractivity contribution in [3.05, 3.63) is 17.0 Å². The quantitative estimate of drug-likeness (QED) is 0.614. The lowest BCUT2D eigenvalue weighted by molar-refractivity contribution is -0.117. The normalized spacial score (nSPS) is 11.3. The number of nitrogens with two attached hydrogens (primary N) is 2. The Morgan fingerprint density at radius 2 is 2.06 bits per heavy atom. The van der Waals surface area contributed by atoms with Gasteiger partial charge in [-0.25, -0.2) is 13.1 Å². The highest BCUT2D eigenvalue weighted by molar-refractivity contribution is 7.91. The molecule has 94 valence electrons. The molecule has 0 aliphatic heterocycles. The Hall–Kier alpha value is -1.03. The van der Waals surface area contributed by atoms with Crippen molar-refractivity contribution in [3.8, 4) is 0 Å². The average Bonchev–Trinajstić information content (AvgIpc) is 2.65. The monoisotopic (exact) mass is 293 g/mol. The molecule has 0 spiro atoms. The second-order valence-corrected chi connectivity index (χ2v) is 6.61. The summed E-state index contributed by atoms with van der Waals surface area (Å²) in [5.74, 6) is -0.567. The second kappa shape index (κ2) is 5.54. The van der Waals surface area contributed by atoms with Gasteiger partial charge in [0, 0.05) is 13.0 Å². The number of carbonyl (C=O) groups excluding carboxylic acids is 1. The summed E-state index contributed by atoms with van der Waals surface area (Å²) in [5.41, 5.74) is 10.3. The molecule has 0 radical (unpaired) electrons. The summed E-state index contributed by atoms with van der Waals surface area (Å²) in [6.45, 7) is -0.0298. The molecule has 0 aliphatic rings. The highest BCUT2D eigenvalue weighted by Crippen LogP contribution is 2.21. The second-order valence-electron chi connectivity index (χ2n) is 3.10. The molecule has 1 amide bonds. The van der Waals surface area contributed by atoms with Crippen LogP contribution in [-0.2, 0) is 14.8 Å². The van der Waals surface area contributed by atoms with E-state index >= 15 is 0 Å². The van der Waals surface area contributed by atoms with Crippen LogP contribution in [0.1, 0.15) is 11.3 Å². The summed E-state index contributed by atoms with van der Waals surface area (Å²) in [6.07, 6.45) is -0.0488. The van der Waals surface area contributed by atoms with Crippen molar-refractivity contribution in [3.63, 3.8) is 0 Å². The number of primary amides is 1. The molecule has 0 unspecified atom stereocenters. The smallest absolute Gasteiger partial charge is 0.250 e. The standard InChI is InChI=1S/C8H11N3O3S3/c9-6(12)3-4-11-17(13,14)7-2-1-5(16-7)8(10)15/h1-2,11H,3-4H2,(H2,9,12)(H2,10,15). The molecule has 0 saturated heterocycles. The number of thiocarbonyl (C=S) groups is 1. The van der Waals surface area contributed by atoms with Crippen LogP contribution in [0.2, 0.25) is 0 Å². The van der Waals surface area contributed by atoms with Gasteiger partial charge in [0.15, 0.2) is 0 Å². The third-order valence-corrected chi connectivity index (χ3v) is 5.17. The molecule has 1 aromatic heterocycles. The fourth-order valence-electron chi connectivity index (χ4n) is 0.977. The number of hydrogen-bond donors (Lipinski definition) is 3. The number of rotatable bonds is 6. The van der Waals surface area contributed by atoms with Gasteiger partial charge >= 0.3 is 0 Å². The van der Waals surface area contributed by atoms with E-state index in [0.29, 0.717) is 4.88 Å². The molecule has 1 aromatic rings. The summed E-state index contributed by atoms with van der Waals surface area (Å²) >= 11 is 5.71. The third kappa shape index (κ3) is 4.04. The summed E-state index contributed by atoms with van der Waals surface area (Å²) in [7, 11) is -3.62. The number of thiophene rings is 1. The van der Waals surface area contributed by atoms with Gasteiger partial charge in [0.25, 0.3) is 0 Å². The number of hydrogen-bond acceptors (Lipinski definition) is 5. The fourth-order valence-corrected chi connectivity index (χ4v) is 3.40. The molecular weight excluding hydrogens is 282 g/mol. The van der Waals surface area contributed by atoms with E-state index in [1.54, 1.807) is 0 Å². The van der Waals surface area contributed by atoms with Crippen molar-refractivity contribution in [2.24, 2.45) is 11.5 Å². The van der Waals surface area contributed by atoms with Gasteiger partial charge in [-0.2, -0.15) is 0 Å². The molecule has 5 N–H and O–H groups in total. The van der Waals surface area contributed by atoms with Crippen LogP contribution >= 0.6 is 23.6 Å². The summed E-state index contributed by atoms with van der Waals surface area (Å²) in [4.78, 5) is 11.1. The van der Waals surface area contributed by atoms with Gasteiger partial charge in [0.1, 0.15) is 9.20 Å². The summed E-state index contributed by atoms with van der Waals surface area (Å²) in [5, 5.41) is 0. The first kappa shape index (κ1) is 14.0. The van der Waals surface area contributed by atoms with Gasteiger partial charge in [0.05, 0.1) is 4.88 Å². The molecule has 17 heavy (non-hydrogen) atoms. The third-order valence-electron chi connectivity index (χ3n) is 1.75. The van der Waals surface area contributed by atoms with Crippen LogP contribution in [0, 0.1) is 0 Å². The van der Waals surface area contributed by atoms with Crippen molar-refractivity contribution in [1.29, 1.82) is 0 Å². The zero-order chi connectivity index (χ0) is 13.1. The first-order valence-electron chi connectivity index (χ1n) is 4.50. The van der Waals surface area contributed by atoms with E-state index in [2.05, 4.69) is 4.72 Å². The largest absolute Gasteiger partial charge is 0.389 e. The number of nitrogens with one attached hydrogen (secondary N) is 1. The van der Waals surface area contributed by atoms with Gasteiger partial charge in [-0.05, 0) is 12.1 Å². The Balaban J connectivity index is 2.75. The SMILES string of the molecule is NC(=O)CCNS(=O)(=O)c1ccc(C(N)=S)s1. The van der Waals surface area contributed by atoms with Gasteiger partial charge in [-0.3, -0.25) is 4.79 Å². The predicted octanol–water partition coefficient (Wildman–Crippen LogP) is -0.464. The van der Waals surface area contributed by atoms with Crippen LogP contribution in [0.15, 0.2) is 16.3 Å². The van der Waals surface area contributed by atoms with Crippen LogP contribution in [-0.4, -0.2) is 25.9 Å². The number of amides is 1. The minimum atomic E-state index is -3.62. The predicted molar refractivity (Wildman–Crippen MR) is 69.2 cm³/mol. The zero-order valence-corrected chi connectivity index (χ0v) is 11.1. The van der Waals surface area contributed by atoms with E-state index in [4.69, 9.17) is 23.7 Å². The van der Waals surface area contributed by atoms with Crippen LogP contribution in [0.5, 0.6) is 0 Å². The van der Waals surface area contributed by atoms with E-state index in [9.17, 15) is 13.2 Å². The van der Waals surface area contributed by atoms with E-state index < -0.39 is 15.9 Å². The first-order chi connectivity index (χ1) is 7.83. The highest BCUT2D eigenvalue weighted by Gasteiger charge is 2.17. The molecule has 1 heterocycles. The Morgan fingerprint density at radius 3 is 2.53 bits per heavy atom. The van der Waals surface area contributed by atoms with E-state index in [1.807, 2.05) is 0 Å². The molecule has 0 aromatic carbocycles. The number of sulfonamides is 1. The molecular formula is C8H11N3O3S3. The maximum atomic E-state index is 11.7. The average molecular weight is 293 g/mol. The number of carbonyl (C=O) groups is 1. The zero-order valence-electron chi connectivity index (χ0n) is 8.67. The lowest BCUT2D eigenvalue weighted by Crippen LogP contribution is -2.27. The molecule has 1 rings (SSSR count). The van der Waals surface area contributed by atoms with Gasteiger partial charge < -0.3 is 11.5 Å². The first-order valence-corrected chi connectivity index (χ1v) is 7.21. The highest BCUT2D eigenvalue weighted by atomic mass is 32.2. The molecule has 0 fully saturated rings. The molecule has 6 nitrogen and oxygen atoms in total. The summed E-state index contributed by atoms with van der Waals surface area (Å²) < 4.78 is 25.8. The van der Waals surface area contributed by atoms with Gasteiger partial charge in [-0.1, -0.05) is 12.2 Å². The Labute approximate surface area is 108 Å². The molecule has 9 heteroatoms. The Morgan fingerprint density at radius 1 is 1.41 bits per heavy atom. The lowest BCUT2D eigenvalue weighted by atomic mass is 10.4. The van der Waals surface area contributed by atoms with Gasteiger partial charge in [0.2, 0.25) is 15.9 Å². The molecule has 0 aliphatic carbocycles. The van der Waals surface area contributed by atoms with Crippen molar-refractivity contribution >= 4 is 44.5 Å². The molecule has 0 bridgehead atoms. The minimum absolute atomic E-state index is 0.0298.